The third-order valence-electron chi connectivity index (χ3n) is 5.23. The average molecular weight is 449 g/mol. The number of hydrogen-bond acceptors (Lipinski definition) is 5. The molecule has 6 N–H and O–H groups in total. The lowest BCUT2D eigenvalue weighted by molar-refractivity contribution is -0.138. The number of carboxylic acids is 1. The molecule has 0 saturated heterocycles. The van der Waals surface area contributed by atoms with Crippen LogP contribution in [0.2, 0.25) is 0 Å². The molecule has 9 nitrogen and oxygen atoms in total. The van der Waals surface area contributed by atoms with Crippen molar-refractivity contribution in [1.82, 2.24) is 16.0 Å². The van der Waals surface area contributed by atoms with Gasteiger partial charge in [-0.2, -0.15) is 0 Å². The maximum absolute atomic E-state index is 13.1. The minimum absolute atomic E-state index is 0.0506. The van der Waals surface area contributed by atoms with E-state index < -0.39 is 48.4 Å². The predicted octanol–water partition coefficient (Wildman–Crippen LogP) is 0.819. The number of aliphatic carboxylic acids is 1. The summed E-state index contributed by atoms with van der Waals surface area (Å²) in [4.78, 5) is 49.1. The topological polar surface area (TPSA) is 151 Å². The largest absolute Gasteiger partial charge is 0.480 e. The molecule has 1 aromatic carbocycles. The number of carbonyl (C=O) groups excluding carboxylic acids is 3. The maximum Gasteiger partial charge on any atom is 0.322 e. The van der Waals surface area contributed by atoms with E-state index >= 15 is 0 Å². The van der Waals surface area contributed by atoms with E-state index in [1.807, 2.05) is 45.9 Å². The Labute approximate surface area is 189 Å². The van der Waals surface area contributed by atoms with Crippen molar-refractivity contribution < 1.29 is 24.3 Å². The quantitative estimate of drug-likeness (QED) is 0.301. The average Bonchev–Trinajstić information content (AvgIpc) is 2.75. The summed E-state index contributed by atoms with van der Waals surface area (Å²) in [7, 11) is 0. The molecule has 178 valence electrons. The van der Waals surface area contributed by atoms with Crippen molar-refractivity contribution in [3.63, 3.8) is 0 Å². The first-order valence-corrected chi connectivity index (χ1v) is 10.9. The van der Waals surface area contributed by atoms with Gasteiger partial charge in [-0.1, -0.05) is 64.4 Å². The lowest BCUT2D eigenvalue weighted by Crippen LogP contribution is -2.57. The summed E-state index contributed by atoms with van der Waals surface area (Å²) in [5.41, 5.74) is 6.80. The molecule has 9 heteroatoms. The standard InChI is InChI=1S/C23H36N4O5/c1-5-15(4)20(24)23(32)27-17(11-14(2)3)22(31)26-18(21(30)25-13-19(28)29)12-16-9-7-6-8-10-16/h6-10,14-15,17-18,20H,5,11-13,24H2,1-4H3,(H,25,30)(H,26,31)(H,27,32)(H,28,29). The van der Waals surface area contributed by atoms with Crippen LogP contribution in [0.25, 0.3) is 0 Å². The maximum atomic E-state index is 13.1. The van der Waals surface area contributed by atoms with E-state index in [2.05, 4.69) is 16.0 Å². The molecule has 0 aliphatic heterocycles. The first-order chi connectivity index (χ1) is 15.0. The molecular weight excluding hydrogens is 412 g/mol. The molecule has 32 heavy (non-hydrogen) atoms. The second-order valence-electron chi connectivity index (χ2n) is 8.46. The van der Waals surface area contributed by atoms with Crippen LogP contribution >= 0.6 is 0 Å². The van der Waals surface area contributed by atoms with Crippen LogP contribution in [0.3, 0.4) is 0 Å². The Hall–Kier alpha value is -2.94. The highest BCUT2D eigenvalue weighted by Crippen LogP contribution is 2.10. The Morgan fingerprint density at radius 2 is 1.53 bits per heavy atom. The third kappa shape index (κ3) is 9.47. The first-order valence-electron chi connectivity index (χ1n) is 10.9. The third-order valence-corrected chi connectivity index (χ3v) is 5.23. The zero-order valence-corrected chi connectivity index (χ0v) is 19.3. The number of carboxylic acid groups (broad SMARTS) is 1. The Kier molecular flexibility index (Phi) is 11.4. The molecule has 0 spiro atoms. The molecule has 0 bridgehead atoms. The fourth-order valence-corrected chi connectivity index (χ4v) is 3.10. The van der Waals surface area contributed by atoms with Gasteiger partial charge in [-0.3, -0.25) is 19.2 Å². The van der Waals surface area contributed by atoms with Gasteiger partial charge in [0.05, 0.1) is 6.04 Å². The van der Waals surface area contributed by atoms with E-state index in [0.717, 1.165) is 12.0 Å². The number of nitrogens with one attached hydrogen (secondary N) is 3. The number of rotatable bonds is 13. The van der Waals surface area contributed by atoms with Crippen molar-refractivity contribution in [1.29, 1.82) is 0 Å². The van der Waals surface area contributed by atoms with E-state index in [-0.39, 0.29) is 18.3 Å². The van der Waals surface area contributed by atoms with Gasteiger partial charge in [-0.15, -0.1) is 0 Å². The van der Waals surface area contributed by atoms with Gasteiger partial charge in [0.2, 0.25) is 17.7 Å². The highest BCUT2D eigenvalue weighted by molar-refractivity contribution is 5.93. The van der Waals surface area contributed by atoms with Gasteiger partial charge in [0.15, 0.2) is 0 Å². The van der Waals surface area contributed by atoms with Crippen LogP contribution in [0.1, 0.15) is 46.1 Å². The van der Waals surface area contributed by atoms with Gasteiger partial charge in [0, 0.05) is 6.42 Å². The number of hydrogen-bond donors (Lipinski definition) is 5. The van der Waals surface area contributed by atoms with Crippen LogP contribution in [-0.2, 0) is 25.6 Å². The fraction of sp³-hybridized carbons (Fsp3) is 0.565. The van der Waals surface area contributed by atoms with Crippen molar-refractivity contribution in [3.8, 4) is 0 Å². The van der Waals surface area contributed by atoms with E-state index in [4.69, 9.17) is 10.8 Å². The van der Waals surface area contributed by atoms with E-state index in [1.54, 1.807) is 12.1 Å². The second kappa shape index (κ2) is 13.5. The SMILES string of the molecule is CCC(C)C(N)C(=O)NC(CC(C)C)C(=O)NC(Cc1ccccc1)C(=O)NCC(=O)O. The number of nitrogens with two attached hydrogens (primary N) is 1. The lowest BCUT2D eigenvalue weighted by Gasteiger charge is -2.26. The molecule has 0 aliphatic rings. The molecule has 1 aromatic rings. The van der Waals surface area contributed by atoms with E-state index in [9.17, 15) is 19.2 Å². The summed E-state index contributed by atoms with van der Waals surface area (Å²) < 4.78 is 0. The van der Waals surface area contributed by atoms with Crippen LogP contribution in [0.15, 0.2) is 30.3 Å². The lowest BCUT2D eigenvalue weighted by atomic mass is 9.97. The van der Waals surface area contributed by atoms with E-state index in [1.165, 1.54) is 0 Å². The fourth-order valence-electron chi connectivity index (χ4n) is 3.10. The van der Waals surface area contributed by atoms with Crippen LogP contribution < -0.4 is 21.7 Å². The van der Waals surface area contributed by atoms with Gasteiger partial charge in [-0.25, -0.2) is 0 Å². The smallest absolute Gasteiger partial charge is 0.322 e. The minimum Gasteiger partial charge on any atom is -0.480 e. The zero-order chi connectivity index (χ0) is 24.3. The van der Waals surface area contributed by atoms with Gasteiger partial charge >= 0.3 is 5.97 Å². The van der Waals surface area contributed by atoms with Crippen LogP contribution in [0, 0.1) is 11.8 Å². The summed E-state index contributed by atoms with van der Waals surface area (Å²) in [5.74, 6) is -2.70. The molecule has 0 fully saturated rings. The van der Waals surface area contributed by atoms with Crippen LogP contribution in [-0.4, -0.2) is 53.5 Å². The highest BCUT2D eigenvalue weighted by Gasteiger charge is 2.30. The van der Waals surface area contributed by atoms with Gasteiger partial charge in [0.25, 0.3) is 0 Å². The van der Waals surface area contributed by atoms with Crippen molar-refractivity contribution in [2.45, 2.75) is 65.1 Å². The Morgan fingerprint density at radius 1 is 0.938 bits per heavy atom. The summed E-state index contributed by atoms with van der Waals surface area (Å²) >= 11 is 0. The van der Waals surface area contributed by atoms with E-state index in [0.29, 0.717) is 6.42 Å². The molecule has 4 unspecified atom stereocenters. The summed E-state index contributed by atoms with van der Waals surface area (Å²) in [5, 5.41) is 16.6. The van der Waals surface area contributed by atoms with Gasteiger partial charge in [-0.05, 0) is 23.8 Å². The molecule has 1 rings (SSSR count). The monoisotopic (exact) mass is 448 g/mol. The summed E-state index contributed by atoms with van der Waals surface area (Å²) in [6.45, 7) is 7.07. The molecule has 0 aliphatic carbocycles. The Morgan fingerprint density at radius 3 is 2.06 bits per heavy atom. The Bertz CT molecular complexity index is 769. The predicted molar refractivity (Wildman–Crippen MR) is 122 cm³/mol. The molecule has 0 heterocycles. The van der Waals surface area contributed by atoms with Crippen LogP contribution in [0.5, 0.6) is 0 Å². The highest BCUT2D eigenvalue weighted by atomic mass is 16.4. The molecular formula is C23H36N4O5. The van der Waals surface area contributed by atoms with Crippen molar-refractivity contribution in [2.75, 3.05) is 6.54 Å². The number of benzene rings is 1. The summed E-state index contributed by atoms with van der Waals surface area (Å²) in [6.07, 6.45) is 1.25. The molecule has 3 amide bonds. The van der Waals surface area contributed by atoms with Crippen molar-refractivity contribution in [2.24, 2.45) is 17.6 Å². The van der Waals surface area contributed by atoms with Crippen LogP contribution in [0.4, 0.5) is 0 Å². The Balaban J connectivity index is 3.00. The minimum atomic E-state index is -1.19. The van der Waals surface area contributed by atoms with Gasteiger partial charge < -0.3 is 26.8 Å². The van der Waals surface area contributed by atoms with Crippen molar-refractivity contribution in [3.05, 3.63) is 35.9 Å². The molecule has 0 aromatic heterocycles. The zero-order valence-electron chi connectivity index (χ0n) is 19.3. The first kappa shape index (κ1) is 27.1. The molecule has 0 saturated carbocycles. The second-order valence-corrected chi connectivity index (χ2v) is 8.46. The summed E-state index contributed by atoms with van der Waals surface area (Å²) in [6, 6.07) is 6.44. The number of carbonyl (C=O) groups is 4. The molecule has 0 radical (unpaired) electrons. The molecule has 4 atom stereocenters. The van der Waals surface area contributed by atoms with Gasteiger partial charge in [0.1, 0.15) is 18.6 Å². The van der Waals surface area contributed by atoms with Crippen molar-refractivity contribution >= 4 is 23.7 Å². The normalized spacial score (nSPS) is 14.7. The number of amides is 3.